The fourth-order valence-electron chi connectivity index (χ4n) is 5.05. The number of hydrogen-bond donors (Lipinski definition) is 0. The molecule has 228 valence electrons. The highest BCUT2D eigenvalue weighted by Gasteiger charge is 2.15. The molecule has 1 amide bonds. The lowest BCUT2D eigenvalue weighted by atomic mass is 10.1. The Labute approximate surface area is 263 Å². The molecule has 0 aromatic heterocycles. The second kappa shape index (κ2) is 20.7. The number of halogens is 1. The van der Waals surface area contributed by atoms with Crippen molar-refractivity contribution in [2.45, 2.75) is 104 Å². The third kappa shape index (κ3) is 13.2. The Morgan fingerprint density at radius 3 is 2.02 bits per heavy atom. The van der Waals surface area contributed by atoms with E-state index in [1.54, 1.807) is 30.7 Å². The lowest BCUT2D eigenvalue weighted by Gasteiger charge is -2.23. The van der Waals surface area contributed by atoms with E-state index in [1.165, 1.54) is 76.2 Å². The number of unbranched alkanes of at least 4 members (excludes halogenated alkanes) is 11. The van der Waals surface area contributed by atoms with E-state index in [0.29, 0.717) is 18.9 Å². The van der Waals surface area contributed by atoms with Crippen molar-refractivity contribution in [3.8, 4) is 11.5 Å². The van der Waals surface area contributed by atoms with E-state index in [0.717, 1.165) is 35.8 Å². The van der Waals surface area contributed by atoms with Gasteiger partial charge in [-0.1, -0.05) is 95.8 Å². The number of nitrogens with zero attached hydrogens (tertiary/aromatic N) is 2. The van der Waals surface area contributed by atoms with Crippen molar-refractivity contribution in [2.75, 3.05) is 24.5 Å². The first-order valence-electron chi connectivity index (χ1n) is 15.3. The molecule has 0 spiro atoms. The van der Waals surface area contributed by atoms with Crippen LogP contribution in [0, 0.1) is 0 Å². The predicted octanol–water partition coefficient (Wildman–Crippen LogP) is 9.88. The van der Waals surface area contributed by atoms with Crippen molar-refractivity contribution in [1.29, 1.82) is 0 Å². The Kier molecular flexibility index (Phi) is 17.7. The molecule has 3 rings (SSSR count). The van der Waals surface area contributed by atoms with Gasteiger partial charge in [0, 0.05) is 25.4 Å². The third-order valence-electron chi connectivity index (χ3n) is 7.45. The van der Waals surface area contributed by atoms with Crippen molar-refractivity contribution >= 4 is 40.3 Å². The number of hydrogen-bond acceptors (Lipinski definition) is 5. The quantitative estimate of drug-likeness (QED) is 0.134. The van der Waals surface area contributed by atoms with Crippen LogP contribution >= 0.6 is 28.7 Å². The van der Waals surface area contributed by atoms with E-state index in [9.17, 15) is 4.79 Å². The SMILES string of the molecule is Br.CCCCCCCCCCCCCCOc1ccc(CN(C(C)=O)c2ccc(CN3C=CSC3)cc2)cc1OC. The minimum atomic E-state index is 0. The molecule has 1 heterocycles. The van der Waals surface area contributed by atoms with Gasteiger partial charge in [-0.3, -0.25) is 4.79 Å². The van der Waals surface area contributed by atoms with Gasteiger partial charge in [0.25, 0.3) is 0 Å². The zero-order valence-electron chi connectivity index (χ0n) is 25.4. The van der Waals surface area contributed by atoms with E-state index >= 15 is 0 Å². The maximum atomic E-state index is 12.5. The van der Waals surface area contributed by atoms with Crippen molar-refractivity contribution in [1.82, 2.24) is 4.90 Å². The molecular formula is C34H51BrN2O3S. The van der Waals surface area contributed by atoms with Crippen LogP contribution < -0.4 is 14.4 Å². The second-order valence-electron chi connectivity index (χ2n) is 10.8. The summed E-state index contributed by atoms with van der Waals surface area (Å²) in [4.78, 5) is 16.6. The Morgan fingerprint density at radius 2 is 1.46 bits per heavy atom. The molecule has 5 nitrogen and oxygen atoms in total. The van der Waals surface area contributed by atoms with Gasteiger partial charge in [-0.25, -0.2) is 0 Å². The van der Waals surface area contributed by atoms with Crippen LogP contribution in [0.15, 0.2) is 54.1 Å². The number of anilines is 1. The molecule has 2 aromatic carbocycles. The summed E-state index contributed by atoms with van der Waals surface area (Å²) in [6, 6.07) is 14.3. The van der Waals surface area contributed by atoms with E-state index < -0.39 is 0 Å². The summed E-state index contributed by atoms with van der Waals surface area (Å²) in [7, 11) is 1.67. The van der Waals surface area contributed by atoms with Gasteiger partial charge in [-0.2, -0.15) is 0 Å². The first-order valence-corrected chi connectivity index (χ1v) is 16.3. The third-order valence-corrected chi connectivity index (χ3v) is 8.24. The normalized spacial score (nSPS) is 12.3. The molecule has 0 unspecified atom stereocenters. The van der Waals surface area contributed by atoms with Gasteiger partial charge in [-0.05, 0) is 47.2 Å². The maximum absolute atomic E-state index is 12.5. The van der Waals surface area contributed by atoms with Gasteiger partial charge in [0.15, 0.2) is 11.5 Å². The Bertz CT molecular complexity index is 1030. The molecule has 0 saturated heterocycles. The van der Waals surface area contributed by atoms with Crippen molar-refractivity contribution in [2.24, 2.45) is 0 Å². The topological polar surface area (TPSA) is 42.0 Å². The fourth-order valence-corrected chi connectivity index (χ4v) is 5.76. The van der Waals surface area contributed by atoms with Crippen LogP contribution in [-0.2, 0) is 17.9 Å². The first kappa shape index (κ1) is 35.1. The van der Waals surface area contributed by atoms with E-state index in [2.05, 4.69) is 35.6 Å². The first-order chi connectivity index (χ1) is 19.6. The fraction of sp³-hybridized carbons (Fsp3) is 0.559. The molecule has 0 N–H and O–H groups in total. The summed E-state index contributed by atoms with van der Waals surface area (Å²) < 4.78 is 11.7. The van der Waals surface area contributed by atoms with Crippen LogP contribution in [0.3, 0.4) is 0 Å². The monoisotopic (exact) mass is 646 g/mol. The number of benzene rings is 2. The minimum absolute atomic E-state index is 0. The summed E-state index contributed by atoms with van der Waals surface area (Å²) in [5.74, 6) is 2.48. The molecular weight excluding hydrogens is 596 g/mol. The molecule has 1 aliphatic rings. The van der Waals surface area contributed by atoms with Gasteiger partial charge in [-0.15, -0.1) is 28.7 Å². The van der Waals surface area contributed by atoms with Crippen LogP contribution in [0.4, 0.5) is 5.69 Å². The Hall–Kier alpha value is -2.12. The van der Waals surface area contributed by atoms with Gasteiger partial charge in [0.1, 0.15) is 0 Å². The van der Waals surface area contributed by atoms with Crippen molar-refractivity contribution in [3.05, 3.63) is 65.2 Å². The Balaban J connectivity index is 0.00000588. The highest BCUT2D eigenvalue weighted by atomic mass is 79.9. The number of methoxy groups -OCH3 is 1. The summed E-state index contributed by atoms with van der Waals surface area (Å²) >= 11 is 1.80. The molecule has 7 heteroatoms. The number of carbonyl (C=O) groups is 1. The lowest BCUT2D eigenvalue weighted by molar-refractivity contribution is -0.116. The molecule has 0 bridgehead atoms. The number of amides is 1. The van der Waals surface area contributed by atoms with Crippen LogP contribution in [0.25, 0.3) is 0 Å². The second-order valence-corrected chi connectivity index (χ2v) is 11.7. The van der Waals surface area contributed by atoms with E-state index in [1.807, 2.05) is 30.3 Å². The summed E-state index contributed by atoms with van der Waals surface area (Å²) in [6.45, 7) is 5.95. The predicted molar refractivity (Wildman–Crippen MR) is 180 cm³/mol. The molecule has 0 atom stereocenters. The molecule has 2 aromatic rings. The average Bonchev–Trinajstić information content (AvgIpc) is 3.48. The molecule has 0 aliphatic carbocycles. The molecule has 1 aliphatic heterocycles. The smallest absolute Gasteiger partial charge is 0.224 e. The van der Waals surface area contributed by atoms with Crippen molar-refractivity contribution in [3.63, 3.8) is 0 Å². The molecule has 41 heavy (non-hydrogen) atoms. The van der Waals surface area contributed by atoms with Crippen LogP contribution in [0.2, 0.25) is 0 Å². The van der Waals surface area contributed by atoms with Gasteiger partial charge >= 0.3 is 0 Å². The van der Waals surface area contributed by atoms with Crippen LogP contribution in [0.5, 0.6) is 11.5 Å². The number of rotatable bonds is 20. The van der Waals surface area contributed by atoms with Gasteiger partial charge < -0.3 is 19.3 Å². The highest BCUT2D eigenvalue weighted by Crippen LogP contribution is 2.30. The number of carbonyl (C=O) groups excluding carboxylic acids is 1. The van der Waals surface area contributed by atoms with Crippen LogP contribution in [-0.4, -0.2) is 30.4 Å². The summed E-state index contributed by atoms with van der Waals surface area (Å²) in [6.07, 6.45) is 18.1. The zero-order chi connectivity index (χ0) is 28.4. The van der Waals surface area contributed by atoms with E-state index in [4.69, 9.17) is 9.47 Å². The summed E-state index contributed by atoms with van der Waals surface area (Å²) in [5.41, 5.74) is 3.14. The van der Waals surface area contributed by atoms with Crippen LogP contribution in [0.1, 0.15) is 102 Å². The molecule has 0 radical (unpaired) electrons. The molecule has 0 fully saturated rings. The van der Waals surface area contributed by atoms with E-state index in [-0.39, 0.29) is 22.9 Å². The maximum Gasteiger partial charge on any atom is 0.224 e. The van der Waals surface area contributed by atoms with Gasteiger partial charge in [0.2, 0.25) is 5.91 Å². The number of thioether (sulfide) groups is 1. The average molecular weight is 648 g/mol. The lowest BCUT2D eigenvalue weighted by Crippen LogP contribution is -2.27. The Morgan fingerprint density at radius 1 is 0.854 bits per heavy atom. The zero-order valence-corrected chi connectivity index (χ0v) is 28.0. The number of ether oxygens (including phenoxy) is 2. The van der Waals surface area contributed by atoms with Gasteiger partial charge in [0.05, 0.1) is 26.1 Å². The highest BCUT2D eigenvalue weighted by molar-refractivity contribution is 8.93. The summed E-state index contributed by atoms with van der Waals surface area (Å²) in [5, 5.41) is 2.12. The van der Waals surface area contributed by atoms with Crippen molar-refractivity contribution < 1.29 is 14.3 Å². The standard InChI is InChI=1S/C34H50N2O3S.BrH/c1-4-5-6-7-8-9-10-11-12-13-14-15-23-39-33-21-18-31(25-34(33)38-3)27-36(29(2)37)32-19-16-30(17-20-32)26-35-22-24-40-28-35;/h16-22,24-25H,4-15,23,26-28H2,1-3H3;1H. The minimum Gasteiger partial charge on any atom is -0.493 e. The molecule has 0 saturated carbocycles. The largest absolute Gasteiger partial charge is 0.493 e.